The van der Waals surface area contributed by atoms with Crippen LogP contribution in [-0.2, 0) is 0 Å². The van der Waals surface area contributed by atoms with Gasteiger partial charge in [-0.05, 0) is 12.5 Å². The van der Waals surface area contributed by atoms with Crippen LogP contribution in [0.1, 0.15) is 13.3 Å². The molecule has 16 heavy (non-hydrogen) atoms. The molecule has 1 heterocycles. The van der Waals surface area contributed by atoms with Crippen LogP contribution in [0.2, 0.25) is 10.0 Å². The summed E-state index contributed by atoms with van der Waals surface area (Å²) in [4.78, 5) is 4.14. The van der Waals surface area contributed by atoms with Gasteiger partial charge in [0.05, 0.1) is 11.6 Å². The molecule has 1 rings (SSSR count). The Morgan fingerprint density at radius 3 is 2.81 bits per heavy atom. The van der Waals surface area contributed by atoms with E-state index in [1.807, 2.05) is 6.92 Å². The van der Waals surface area contributed by atoms with Gasteiger partial charge in [-0.15, -0.1) is 0 Å². The zero-order valence-corrected chi connectivity index (χ0v) is 10.5. The maximum Gasteiger partial charge on any atom is 0.234 e. The molecule has 0 spiro atoms. The average Bonchev–Trinajstić information content (AvgIpc) is 2.26. The fourth-order valence-electron chi connectivity index (χ4n) is 1.06. The lowest BCUT2D eigenvalue weighted by molar-refractivity contribution is 0.197. The Morgan fingerprint density at radius 1 is 1.44 bits per heavy atom. The average molecular weight is 265 g/mol. The third-order valence-corrected chi connectivity index (χ3v) is 2.33. The molecule has 90 valence electrons. The van der Waals surface area contributed by atoms with Crippen molar-refractivity contribution in [2.75, 3.05) is 25.1 Å². The van der Waals surface area contributed by atoms with Crippen molar-refractivity contribution in [3.63, 3.8) is 0 Å². The molecule has 0 fully saturated rings. The summed E-state index contributed by atoms with van der Waals surface area (Å²) in [5.41, 5.74) is 0. The van der Waals surface area contributed by atoms with Gasteiger partial charge in [0.15, 0.2) is 0 Å². The van der Waals surface area contributed by atoms with Gasteiger partial charge in [-0.3, -0.25) is 0 Å². The first-order chi connectivity index (χ1) is 7.69. The molecule has 0 aromatic carbocycles. The smallest absolute Gasteiger partial charge is 0.234 e. The van der Waals surface area contributed by atoms with Gasteiger partial charge in [0.1, 0.15) is 17.4 Å². The second-order valence-electron chi connectivity index (χ2n) is 3.10. The molecule has 2 N–H and O–H groups in total. The van der Waals surface area contributed by atoms with Gasteiger partial charge in [-0.25, -0.2) is 0 Å². The van der Waals surface area contributed by atoms with Crippen molar-refractivity contribution >= 4 is 29.0 Å². The largest absolute Gasteiger partial charge is 0.474 e. The molecule has 0 radical (unpaired) electrons. The van der Waals surface area contributed by atoms with Crippen molar-refractivity contribution in [2.24, 2.45) is 0 Å². The van der Waals surface area contributed by atoms with E-state index in [-0.39, 0.29) is 19.1 Å². The molecular weight excluding hydrogens is 251 g/mol. The van der Waals surface area contributed by atoms with E-state index in [9.17, 15) is 0 Å². The number of aromatic nitrogens is 1. The highest BCUT2D eigenvalue weighted by molar-refractivity contribution is 6.36. The summed E-state index contributed by atoms with van der Waals surface area (Å²) in [5.74, 6) is 0.819. The van der Waals surface area contributed by atoms with Crippen molar-refractivity contribution < 1.29 is 9.84 Å². The normalized spacial score (nSPS) is 10.2. The maximum absolute atomic E-state index is 8.65. The Kier molecular flexibility index (Phi) is 5.66. The molecule has 0 aliphatic carbocycles. The van der Waals surface area contributed by atoms with Gasteiger partial charge < -0.3 is 15.2 Å². The van der Waals surface area contributed by atoms with Crippen LogP contribution in [0.25, 0.3) is 0 Å². The number of aliphatic hydroxyl groups is 1. The summed E-state index contributed by atoms with van der Waals surface area (Å²) < 4.78 is 5.17. The van der Waals surface area contributed by atoms with Gasteiger partial charge in [0.2, 0.25) is 5.88 Å². The Labute approximate surface area is 105 Å². The molecular formula is C10H14Cl2N2O2. The van der Waals surface area contributed by atoms with E-state index in [1.165, 1.54) is 0 Å². The number of pyridine rings is 1. The predicted molar refractivity (Wildman–Crippen MR) is 65.6 cm³/mol. The second kappa shape index (κ2) is 6.78. The summed E-state index contributed by atoms with van der Waals surface area (Å²) in [7, 11) is 0. The van der Waals surface area contributed by atoms with Crippen molar-refractivity contribution in [1.29, 1.82) is 0 Å². The number of nitrogens with one attached hydrogen (secondary N) is 1. The molecule has 0 bridgehead atoms. The van der Waals surface area contributed by atoms with Gasteiger partial charge in [0.25, 0.3) is 0 Å². The number of halogens is 2. The Balaban J connectivity index is 2.83. The van der Waals surface area contributed by atoms with Crippen LogP contribution in [0.3, 0.4) is 0 Å². The Bertz CT molecular complexity index is 319. The van der Waals surface area contributed by atoms with Gasteiger partial charge in [0, 0.05) is 6.54 Å². The molecule has 0 atom stereocenters. The van der Waals surface area contributed by atoms with Crippen LogP contribution < -0.4 is 10.1 Å². The predicted octanol–water partition coefficient (Wildman–Crippen LogP) is 2.58. The summed E-state index contributed by atoms with van der Waals surface area (Å²) in [6.07, 6.45) is 0.966. The number of rotatable bonds is 6. The lowest BCUT2D eigenvalue weighted by Gasteiger charge is -2.10. The van der Waals surface area contributed by atoms with E-state index < -0.39 is 0 Å². The van der Waals surface area contributed by atoms with Crippen LogP contribution >= 0.6 is 23.2 Å². The standard InChI is InChI=1S/C10H14Cl2N2O2/c1-2-3-13-9-7(11)6-8(12)10(14-9)16-5-4-15/h6,15H,2-5H2,1H3,(H,13,14). The molecule has 0 aliphatic heterocycles. The van der Waals surface area contributed by atoms with Crippen molar-refractivity contribution in [3.8, 4) is 5.88 Å². The van der Waals surface area contributed by atoms with E-state index >= 15 is 0 Å². The minimum Gasteiger partial charge on any atom is -0.474 e. The first-order valence-corrected chi connectivity index (χ1v) is 5.78. The fourth-order valence-corrected chi connectivity index (χ4v) is 1.54. The van der Waals surface area contributed by atoms with E-state index in [1.54, 1.807) is 6.07 Å². The van der Waals surface area contributed by atoms with Crippen LogP contribution in [0.5, 0.6) is 5.88 Å². The van der Waals surface area contributed by atoms with E-state index in [2.05, 4.69) is 10.3 Å². The number of aliphatic hydroxyl groups excluding tert-OH is 1. The maximum atomic E-state index is 8.65. The number of nitrogens with zero attached hydrogens (tertiary/aromatic N) is 1. The van der Waals surface area contributed by atoms with Gasteiger partial charge >= 0.3 is 0 Å². The third-order valence-electron chi connectivity index (χ3n) is 1.77. The molecule has 0 saturated carbocycles. The number of hydrogen-bond acceptors (Lipinski definition) is 4. The summed E-state index contributed by atoms with van der Waals surface area (Å²) in [5, 5.41) is 12.5. The summed E-state index contributed by atoms with van der Waals surface area (Å²) in [6, 6.07) is 1.57. The Morgan fingerprint density at radius 2 is 2.19 bits per heavy atom. The third kappa shape index (κ3) is 3.70. The zero-order valence-electron chi connectivity index (χ0n) is 8.96. The van der Waals surface area contributed by atoms with E-state index in [0.717, 1.165) is 13.0 Å². The molecule has 0 amide bonds. The fraction of sp³-hybridized carbons (Fsp3) is 0.500. The SMILES string of the molecule is CCCNc1nc(OCCO)c(Cl)cc1Cl. The van der Waals surface area contributed by atoms with Crippen LogP contribution in [0.4, 0.5) is 5.82 Å². The summed E-state index contributed by atoms with van der Waals surface area (Å²) >= 11 is 11.8. The first kappa shape index (κ1) is 13.4. The lowest BCUT2D eigenvalue weighted by atomic mass is 10.4. The Hall–Kier alpha value is -0.710. The second-order valence-corrected chi connectivity index (χ2v) is 3.92. The zero-order chi connectivity index (χ0) is 12.0. The van der Waals surface area contributed by atoms with E-state index in [0.29, 0.717) is 15.9 Å². The topological polar surface area (TPSA) is 54.4 Å². The minimum atomic E-state index is -0.0850. The van der Waals surface area contributed by atoms with Crippen LogP contribution in [0.15, 0.2) is 6.07 Å². The van der Waals surface area contributed by atoms with Crippen molar-refractivity contribution in [2.45, 2.75) is 13.3 Å². The quantitative estimate of drug-likeness (QED) is 0.830. The molecule has 6 heteroatoms. The van der Waals surface area contributed by atoms with Gasteiger partial charge in [-0.2, -0.15) is 4.98 Å². The lowest BCUT2D eigenvalue weighted by Crippen LogP contribution is -2.07. The molecule has 1 aromatic heterocycles. The highest BCUT2D eigenvalue weighted by Gasteiger charge is 2.09. The van der Waals surface area contributed by atoms with Crippen molar-refractivity contribution in [3.05, 3.63) is 16.1 Å². The molecule has 1 aromatic rings. The first-order valence-electron chi connectivity index (χ1n) is 5.02. The molecule has 4 nitrogen and oxygen atoms in total. The number of hydrogen-bond donors (Lipinski definition) is 2. The van der Waals surface area contributed by atoms with Crippen LogP contribution in [0, 0.1) is 0 Å². The van der Waals surface area contributed by atoms with Crippen LogP contribution in [-0.4, -0.2) is 29.8 Å². The minimum absolute atomic E-state index is 0.0850. The number of anilines is 1. The molecule has 0 aliphatic rings. The summed E-state index contributed by atoms with van der Waals surface area (Å²) in [6.45, 7) is 2.88. The highest BCUT2D eigenvalue weighted by Crippen LogP contribution is 2.30. The molecule has 0 saturated heterocycles. The van der Waals surface area contributed by atoms with Gasteiger partial charge in [-0.1, -0.05) is 30.1 Å². The van der Waals surface area contributed by atoms with Crippen molar-refractivity contribution in [1.82, 2.24) is 4.98 Å². The monoisotopic (exact) mass is 264 g/mol. The number of ether oxygens (including phenoxy) is 1. The van der Waals surface area contributed by atoms with E-state index in [4.69, 9.17) is 33.0 Å². The highest BCUT2D eigenvalue weighted by atomic mass is 35.5. The molecule has 0 unspecified atom stereocenters.